The van der Waals surface area contributed by atoms with E-state index in [1.165, 1.54) is 5.56 Å². The molecule has 3 aromatic rings. The number of morpholine rings is 1. The lowest BCUT2D eigenvalue weighted by Crippen LogP contribution is -2.40. The number of hydrogen-bond donors (Lipinski definition) is 1. The number of carbonyl (C=O) groups is 2. The molecule has 200 valence electrons. The molecule has 1 saturated heterocycles. The number of aryl methyl sites for hydroxylation is 3. The standard InChI is InChI=1S/C32H39N3O3/c1-3-4-5-6-8-18-33-31(36)27-16-14-26(15-17-27)12-7-9-19-35-24-28(30-25(2)11-10-13-29(30)35)32(37)34-20-22-38-23-21-34/h1,10-11,13-17,24H,4-9,12,18-23H2,2H3,(H,33,36). The van der Waals surface area contributed by atoms with Gasteiger partial charge in [0.05, 0.1) is 18.8 Å². The quantitative estimate of drug-likeness (QED) is 0.262. The first-order valence-electron chi connectivity index (χ1n) is 13.8. The molecule has 1 aliphatic rings. The minimum Gasteiger partial charge on any atom is -0.378 e. The molecule has 2 amide bonds. The topological polar surface area (TPSA) is 63.6 Å². The van der Waals surface area contributed by atoms with Gasteiger partial charge in [-0.05, 0) is 68.4 Å². The van der Waals surface area contributed by atoms with E-state index in [0.29, 0.717) is 38.4 Å². The van der Waals surface area contributed by atoms with Gasteiger partial charge in [-0.2, -0.15) is 0 Å². The molecule has 0 bridgehead atoms. The Morgan fingerprint density at radius 1 is 1.00 bits per heavy atom. The van der Waals surface area contributed by atoms with E-state index in [2.05, 4.69) is 53.1 Å². The molecule has 1 aromatic heterocycles. The van der Waals surface area contributed by atoms with Crippen molar-refractivity contribution in [1.29, 1.82) is 0 Å². The van der Waals surface area contributed by atoms with Crippen LogP contribution in [0.3, 0.4) is 0 Å². The van der Waals surface area contributed by atoms with Gasteiger partial charge in [0.2, 0.25) is 0 Å². The zero-order valence-electron chi connectivity index (χ0n) is 22.5. The molecule has 1 N–H and O–H groups in total. The van der Waals surface area contributed by atoms with Crippen LogP contribution in [-0.4, -0.2) is 54.1 Å². The Balaban J connectivity index is 1.28. The van der Waals surface area contributed by atoms with Gasteiger partial charge in [-0.1, -0.05) is 30.7 Å². The minimum atomic E-state index is -0.0225. The Hall–Kier alpha value is -3.56. The van der Waals surface area contributed by atoms with Crippen LogP contribution in [-0.2, 0) is 17.7 Å². The summed E-state index contributed by atoms with van der Waals surface area (Å²) in [5, 5.41) is 4.05. The van der Waals surface area contributed by atoms with E-state index >= 15 is 0 Å². The molecule has 0 radical (unpaired) electrons. The SMILES string of the molecule is C#CCCCCCNC(=O)c1ccc(CCCCn2cc(C(=O)N3CCOCC3)c3c(C)cccc32)cc1. The molecule has 0 spiro atoms. The summed E-state index contributed by atoms with van der Waals surface area (Å²) in [5.74, 6) is 2.72. The molecular weight excluding hydrogens is 474 g/mol. The Bertz CT molecular complexity index is 1260. The largest absolute Gasteiger partial charge is 0.378 e. The molecule has 1 aliphatic heterocycles. The van der Waals surface area contributed by atoms with E-state index in [-0.39, 0.29) is 11.8 Å². The molecular formula is C32H39N3O3. The summed E-state index contributed by atoms with van der Waals surface area (Å²) in [6, 6.07) is 14.2. The van der Waals surface area contributed by atoms with Gasteiger partial charge in [0.25, 0.3) is 11.8 Å². The summed E-state index contributed by atoms with van der Waals surface area (Å²) >= 11 is 0. The van der Waals surface area contributed by atoms with E-state index < -0.39 is 0 Å². The van der Waals surface area contributed by atoms with Crippen LogP contribution < -0.4 is 5.32 Å². The monoisotopic (exact) mass is 513 g/mol. The van der Waals surface area contributed by atoms with Crippen molar-refractivity contribution in [3.63, 3.8) is 0 Å². The lowest BCUT2D eigenvalue weighted by molar-refractivity contribution is 0.0304. The first-order chi connectivity index (χ1) is 18.6. The molecule has 6 nitrogen and oxygen atoms in total. The van der Waals surface area contributed by atoms with Crippen molar-refractivity contribution in [2.75, 3.05) is 32.8 Å². The third-order valence-electron chi connectivity index (χ3n) is 7.26. The fourth-order valence-electron chi connectivity index (χ4n) is 5.08. The number of ether oxygens (including phenoxy) is 1. The van der Waals surface area contributed by atoms with Crippen LogP contribution in [0.1, 0.15) is 70.4 Å². The number of benzene rings is 2. The van der Waals surface area contributed by atoms with Crippen molar-refractivity contribution in [2.45, 2.75) is 58.4 Å². The zero-order valence-corrected chi connectivity index (χ0v) is 22.5. The Morgan fingerprint density at radius 2 is 1.79 bits per heavy atom. The van der Waals surface area contributed by atoms with Crippen LogP contribution in [0, 0.1) is 19.3 Å². The maximum Gasteiger partial charge on any atom is 0.256 e. The molecule has 0 aliphatic carbocycles. The van der Waals surface area contributed by atoms with Crippen LogP contribution >= 0.6 is 0 Å². The number of fused-ring (bicyclic) bond motifs is 1. The number of nitrogens with zero attached hydrogens (tertiary/aromatic N) is 2. The van der Waals surface area contributed by atoms with Crippen LogP contribution in [0.5, 0.6) is 0 Å². The summed E-state index contributed by atoms with van der Waals surface area (Å²) in [6.45, 7) is 6.10. The van der Waals surface area contributed by atoms with Gasteiger partial charge in [0, 0.05) is 55.3 Å². The fourth-order valence-corrected chi connectivity index (χ4v) is 5.08. The summed E-state index contributed by atoms with van der Waals surface area (Å²) in [7, 11) is 0. The number of carbonyl (C=O) groups excluding carboxylic acids is 2. The normalized spacial score (nSPS) is 13.4. The van der Waals surface area contributed by atoms with E-state index in [4.69, 9.17) is 11.2 Å². The van der Waals surface area contributed by atoms with Crippen molar-refractivity contribution in [2.24, 2.45) is 0 Å². The molecule has 0 unspecified atom stereocenters. The van der Waals surface area contributed by atoms with Gasteiger partial charge in [-0.3, -0.25) is 9.59 Å². The highest BCUT2D eigenvalue weighted by molar-refractivity contribution is 6.08. The van der Waals surface area contributed by atoms with E-state index in [1.54, 1.807) is 0 Å². The smallest absolute Gasteiger partial charge is 0.256 e. The van der Waals surface area contributed by atoms with E-state index in [0.717, 1.165) is 73.5 Å². The summed E-state index contributed by atoms with van der Waals surface area (Å²) in [4.78, 5) is 27.6. The molecule has 2 aromatic carbocycles. The van der Waals surface area contributed by atoms with E-state index in [1.807, 2.05) is 23.2 Å². The Labute approximate surface area is 226 Å². The van der Waals surface area contributed by atoms with Crippen molar-refractivity contribution >= 4 is 22.7 Å². The molecule has 1 fully saturated rings. The van der Waals surface area contributed by atoms with Gasteiger partial charge < -0.3 is 19.5 Å². The van der Waals surface area contributed by atoms with E-state index in [9.17, 15) is 9.59 Å². The van der Waals surface area contributed by atoms with Crippen molar-refractivity contribution in [3.8, 4) is 12.3 Å². The average molecular weight is 514 g/mol. The first-order valence-corrected chi connectivity index (χ1v) is 13.8. The van der Waals surface area contributed by atoms with Crippen LogP contribution in [0.25, 0.3) is 10.9 Å². The lowest BCUT2D eigenvalue weighted by atomic mass is 10.1. The number of aromatic nitrogens is 1. The Morgan fingerprint density at radius 3 is 2.55 bits per heavy atom. The lowest BCUT2D eigenvalue weighted by Gasteiger charge is -2.26. The van der Waals surface area contributed by atoms with Crippen molar-refractivity contribution in [1.82, 2.24) is 14.8 Å². The minimum absolute atomic E-state index is 0.0225. The highest BCUT2D eigenvalue weighted by Gasteiger charge is 2.23. The third-order valence-corrected chi connectivity index (χ3v) is 7.26. The molecule has 0 atom stereocenters. The van der Waals surface area contributed by atoms with Crippen molar-refractivity contribution in [3.05, 3.63) is 70.9 Å². The summed E-state index contributed by atoms with van der Waals surface area (Å²) < 4.78 is 7.66. The van der Waals surface area contributed by atoms with Gasteiger partial charge in [0.1, 0.15) is 0 Å². The number of nitrogens with one attached hydrogen (secondary N) is 1. The predicted octanol–water partition coefficient (Wildman–Crippen LogP) is 5.37. The molecule has 38 heavy (non-hydrogen) atoms. The molecule has 4 rings (SSSR count). The highest BCUT2D eigenvalue weighted by Crippen LogP contribution is 2.27. The maximum absolute atomic E-state index is 13.3. The van der Waals surface area contributed by atoms with Gasteiger partial charge in [-0.25, -0.2) is 0 Å². The fraction of sp³-hybridized carbons (Fsp3) is 0.438. The number of rotatable bonds is 12. The number of amides is 2. The molecule has 0 saturated carbocycles. The maximum atomic E-state index is 13.3. The third kappa shape index (κ3) is 7.05. The molecule has 6 heteroatoms. The second-order valence-electron chi connectivity index (χ2n) is 10.0. The van der Waals surface area contributed by atoms with Crippen LogP contribution in [0.15, 0.2) is 48.7 Å². The van der Waals surface area contributed by atoms with Crippen LogP contribution in [0.2, 0.25) is 0 Å². The second kappa shape index (κ2) is 13.8. The van der Waals surface area contributed by atoms with Gasteiger partial charge in [-0.15, -0.1) is 12.3 Å². The molecule has 2 heterocycles. The van der Waals surface area contributed by atoms with Crippen molar-refractivity contribution < 1.29 is 14.3 Å². The first kappa shape index (κ1) is 27.5. The summed E-state index contributed by atoms with van der Waals surface area (Å²) in [5.41, 5.74) is 4.97. The number of terminal acetylenes is 1. The number of unbranched alkanes of at least 4 members (excludes halogenated alkanes) is 4. The number of hydrogen-bond acceptors (Lipinski definition) is 3. The van der Waals surface area contributed by atoms with Gasteiger partial charge in [0.15, 0.2) is 0 Å². The predicted molar refractivity (Wildman–Crippen MR) is 152 cm³/mol. The zero-order chi connectivity index (χ0) is 26.7. The highest BCUT2D eigenvalue weighted by atomic mass is 16.5. The van der Waals surface area contributed by atoms with Crippen LogP contribution in [0.4, 0.5) is 0 Å². The average Bonchev–Trinajstić information content (AvgIpc) is 3.33. The summed E-state index contributed by atoms with van der Waals surface area (Å²) in [6.07, 6.45) is 14.1. The second-order valence-corrected chi connectivity index (χ2v) is 10.0. The Kier molecular flexibility index (Phi) is 10.0. The van der Waals surface area contributed by atoms with Gasteiger partial charge >= 0.3 is 0 Å².